The third-order valence-corrected chi connectivity index (χ3v) is 6.57. The minimum atomic E-state index is -0.309. The zero-order chi connectivity index (χ0) is 35.3. The Hall–Kier alpha value is -5.46. The first-order chi connectivity index (χ1) is 23.3. The number of ether oxygens (including phenoxy) is 8. The van der Waals surface area contributed by atoms with Gasteiger partial charge in [0.15, 0.2) is 11.5 Å². The van der Waals surface area contributed by atoms with Crippen LogP contribution in [0.5, 0.6) is 11.5 Å². The number of methoxy groups -OCH3 is 8. The molecule has 1 aliphatic carbocycles. The lowest BCUT2D eigenvalue weighted by atomic mass is 10.0. The van der Waals surface area contributed by atoms with E-state index in [4.69, 9.17) is 37.9 Å². The second-order valence-electron chi connectivity index (χ2n) is 9.38. The van der Waals surface area contributed by atoms with Crippen LogP contribution < -0.4 is 9.47 Å². The van der Waals surface area contributed by atoms with E-state index in [1.54, 1.807) is 65.9 Å². The molecule has 1 aliphatic rings. The first-order valence-corrected chi connectivity index (χ1v) is 14.5. The van der Waals surface area contributed by atoms with E-state index >= 15 is 0 Å². The van der Waals surface area contributed by atoms with E-state index in [1.807, 2.05) is 48.6 Å². The molecule has 0 N–H and O–H groups in total. The van der Waals surface area contributed by atoms with Crippen LogP contribution in [-0.2, 0) is 28.4 Å². The van der Waals surface area contributed by atoms with Crippen molar-refractivity contribution in [2.75, 3.05) is 56.9 Å². The fraction of sp³-hybridized carbons (Fsp3) is 0.278. The van der Waals surface area contributed by atoms with E-state index < -0.39 is 0 Å². The van der Waals surface area contributed by atoms with Crippen molar-refractivity contribution in [1.82, 2.24) is 0 Å². The minimum absolute atomic E-state index is 0.301. The summed E-state index contributed by atoms with van der Waals surface area (Å²) in [5, 5.41) is 16.7. The molecule has 2 aromatic carbocycles. The van der Waals surface area contributed by atoms with Gasteiger partial charge in [0.05, 0.1) is 65.9 Å². The molecule has 48 heavy (non-hydrogen) atoms. The third-order valence-electron chi connectivity index (χ3n) is 6.57. The fourth-order valence-electron chi connectivity index (χ4n) is 4.07. The van der Waals surface area contributed by atoms with E-state index in [9.17, 15) is 0 Å². The quantitative estimate of drug-likeness (QED) is 0.0999. The lowest BCUT2D eigenvalue weighted by Gasteiger charge is -2.27. The summed E-state index contributed by atoms with van der Waals surface area (Å²) < 4.78 is 42.0. The summed E-state index contributed by atoms with van der Waals surface area (Å²) in [4.78, 5) is 0. The van der Waals surface area contributed by atoms with Crippen LogP contribution in [0.2, 0.25) is 0 Å². The van der Waals surface area contributed by atoms with Crippen molar-refractivity contribution in [3.63, 3.8) is 0 Å². The molecular formula is C36H44N4O8. The highest BCUT2D eigenvalue weighted by atomic mass is 16.6. The molecule has 0 heterocycles. The smallest absolute Gasteiger partial charge is 0.202 e. The highest BCUT2D eigenvalue weighted by molar-refractivity contribution is 5.66. The van der Waals surface area contributed by atoms with Gasteiger partial charge in [-0.3, -0.25) is 0 Å². The van der Waals surface area contributed by atoms with Gasteiger partial charge in [0.25, 0.3) is 0 Å². The van der Waals surface area contributed by atoms with Gasteiger partial charge in [-0.1, -0.05) is 31.4 Å². The van der Waals surface area contributed by atoms with Gasteiger partial charge in [0.2, 0.25) is 5.76 Å². The van der Waals surface area contributed by atoms with Crippen LogP contribution in [0, 0.1) is 0 Å². The normalized spacial score (nSPS) is 16.5. The first-order valence-electron chi connectivity index (χ1n) is 14.5. The summed E-state index contributed by atoms with van der Waals surface area (Å²) in [7, 11) is 12.6. The highest BCUT2D eigenvalue weighted by Gasteiger charge is 2.28. The summed E-state index contributed by atoms with van der Waals surface area (Å²) in [5.41, 5.74) is 2.93. The van der Waals surface area contributed by atoms with E-state index in [1.165, 1.54) is 27.5 Å². The highest BCUT2D eigenvalue weighted by Crippen LogP contribution is 2.29. The SMILES string of the molecule is C=C(OC)/C(OC)=C(\C=C\N=Nc1ccc(OC)cc1)OC.C=C/C=C\c1cc(OC)ccc1N=NC1=CC(OC)C(OC)C(OC)=C1. The maximum absolute atomic E-state index is 5.45. The molecule has 0 spiro atoms. The van der Waals surface area contributed by atoms with Crippen molar-refractivity contribution >= 4 is 17.5 Å². The average Bonchev–Trinajstić information content (AvgIpc) is 3.14. The number of hydrogen-bond donors (Lipinski definition) is 0. The van der Waals surface area contributed by atoms with Gasteiger partial charge in [-0.2, -0.15) is 15.3 Å². The van der Waals surface area contributed by atoms with Crippen LogP contribution in [0.1, 0.15) is 5.56 Å². The number of allylic oxidation sites excluding steroid dienone is 4. The maximum Gasteiger partial charge on any atom is 0.202 e. The summed E-state index contributed by atoms with van der Waals surface area (Å²) >= 11 is 0. The van der Waals surface area contributed by atoms with E-state index in [2.05, 4.69) is 33.6 Å². The molecule has 0 radical (unpaired) electrons. The number of azo groups is 2. The van der Waals surface area contributed by atoms with E-state index in [0.29, 0.717) is 40.1 Å². The molecule has 2 aromatic rings. The summed E-state index contributed by atoms with van der Waals surface area (Å²) in [6, 6.07) is 12.8. The minimum Gasteiger partial charge on any atom is -0.498 e. The topological polar surface area (TPSA) is 123 Å². The number of hydrogen-bond acceptors (Lipinski definition) is 12. The molecule has 0 aromatic heterocycles. The lowest BCUT2D eigenvalue weighted by molar-refractivity contribution is -0.0190. The Balaban J connectivity index is 0.000000339. The van der Waals surface area contributed by atoms with Crippen LogP contribution >= 0.6 is 0 Å². The molecule has 0 amide bonds. The molecule has 0 fully saturated rings. The van der Waals surface area contributed by atoms with Crippen molar-refractivity contribution in [1.29, 1.82) is 0 Å². The molecule has 3 rings (SSSR count). The summed E-state index contributed by atoms with van der Waals surface area (Å²) in [6.07, 6.45) is 11.6. The zero-order valence-electron chi connectivity index (χ0n) is 28.7. The van der Waals surface area contributed by atoms with E-state index in [0.717, 1.165) is 17.1 Å². The predicted octanol–water partition coefficient (Wildman–Crippen LogP) is 8.39. The molecule has 0 saturated heterocycles. The molecule has 0 saturated carbocycles. The predicted molar refractivity (Wildman–Crippen MR) is 185 cm³/mol. The van der Waals surface area contributed by atoms with Crippen LogP contribution in [0.15, 0.2) is 141 Å². The van der Waals surface area contributed by atoms with Crippen LogP contribution in [0.25, 0.3) is 6.08 Å². The van der Waals surface area contributed by atoms with Gasteiger partial charge >= 0.3 is 0 Å². The zero-order valence-corrected chi connectivity index (χ0v) is 28.7. The summed E-state index contributed by atoms with van der Waals surface area (Å²) in [5.74, 6) is 3.33. The van der Waals surface area contributed by atoms with Crippen molar-refractivity contribution in [2.45, 2.75) is 12.2 Å². The largest absolute Gasteiger partial charge is 0.498 e. The average molecular weight is 661 g/mol. The van der Waals surface area contributed by atoms with Crippen LogP contribution in [0.3, 0.4) is 0 Å². The van der Waals surface area contributed by atoms with Crippen molar-refractivity contribution in [3.05, 3.63) is 126 Å². The molecule has 256 valence electrons. The Morgan fingerprint density at radius 3 is 2.04 bits per heavy atom. The molecule has 2 atom stereocenters. The van der Waals surface area contributed by atoms with E-state index in [-0.39, 0.29) is 12.2 Å². The summed E-state index contributed by atoms with van der Waals surface area (Å²) in [6.45, 7) is 7.41. The Kier molecular flexibility index (Phi) is 17.2. The Labute approximate surface area is 282 Å². The van der Waals surface area contributed by atoms with Gasteiger partial charge < -0.3 is 37.9 Å². The number of nitrogens with zero attached hydrogens (tertiary/aromatic N) is 4. The molecule has 12 nitrogen and oxygen atoms in total. The van der Waals surface area contributed by atoms with Gasteiger partial charge in [0.1, 0.15) is 29.5 Å². The monoisotopic (exact) mass is 660 g/mol. The van der Waals surface area contributed by atoms with Gasteiger partial charge in [-0.05, 0) is 48.5 Å². The second kappa shape index (κ2) is 21.4. The number of rotatable bonds is 16. The standard InChI is InChI=1S/C20H24N2O4.C16H20N2O4/c1-6-7-8-14-11-16(23-2)9-10-17(14)22-21-15-12-18(24-3)20(26-5)19(13-15)25-4;1-12(19-2)16(22-5)15(21-4)10-11-17-18-13-6-8-14(20-3)9-7-13/h6-13,18,20H,1H2,2-5H3;6-11H,1H2,2-5H3/b8-7-,22-21?;11-10+,16-15-,18-17?. The molecule has 2 unspecified atom stereocenters. The lowest BCUT2D eigenvalue weighted by Crippen LogP contribution is -2.33. The molecule has 12 heteroatoms. The van der Waals surface area contributed by atoms with Crippen molar-refractivity contribution < 1.29 is 37.9 Å². The second-order valence-corrected chi connectivity index (χ2v) is 9.38. The maximum atomic E-state index is 5.45. The third kappa shape index (κ3) is 11.7. The van der Waals surface area contributed by atoms with Crippen molar-refractivity contribution in [2.24, 2.45) is 20.5 Å². The van der Waals surface area contributed by atoms with Crippen LogP contribution in [-0.4, -0.2) is 69.1 Å². The van der Waals surface area contributed by atoms with Gasteiger partial charge in [0, 0.05) is 31.9 Å². The fourth-order valence-corrected chi connectivity index (χ4v) is 4.07. The first kappa shape index (κ1) is 38.7. The molecular weight excluding hydrogens is 616 g/mol. The van der Waals surface area contributed by atoms with Crippen molar-refractivity contribution in [3.8, 4) is 11.5 Å². The number of benzene rings is 2. The Morgan fingerprint density at radius 2 is 1.48 bits per heavy atom. The Bertz CT molecular complexity index is 1560. The Morgan fingerprint density at radius 1 is 0.771 bits per heavy atom. The van der Waals surface area contributed by atoms with Gasteiger partial charge in [-0.25, -0.2) is 0 Å². The van der Waals surface area contributed by atoms with Crippen LogP contribution in [0.4, 0.5) is 11.4 Å². The van der Waals surface area contributed by atoms with Gasteiger partial charge in [-0.15, -0.1) is 5.11 Å². The molecule has 0 aliphatic heterocycles. The molecule has 0 bridgehead atoms.